The van der Waals surface area contributed by atoms with Crippen LogP contribution in [-0.2, 0) is 29.6 Å². The lowest BCUT2D eigenvalue weighted by atomic mass is 10.1. The van der Waals surface area contributed by atoms with Crippen molar-refractivity contribution in [2.45, 2.75) is 48.6 Å². The molecule has 4 N–H and O–H groups in total. The fourth-order valence-corrected chi connectivity index (χ4v) is 6.10. The Morgan fingerprint density at radius 2 is 1.09 bits per heavy atom. The van der Waals surface area contributed by atoms with Crippen molar-refractivity contribution in [3.8, 4) is 11.1 Å². The summed E-state index contributed by atoms with van der Waals surface area (Å²) in [6.45, 7) is 3.01. The van der Waals surface area contributed by atoms with Crippen LogP contribution in [0.15, 0.2) is 46.2 Å². The van der Waals surface area contributed by atoms with E-state index in [1.165, 1.54) is 38.1 Å². The van der Waals surface area contributed by atoms with Crippen LogP contribution >= 0.6 is 0 Å². The molecule has 0 heterocycles. The first-order valence-corrected chi connectivity index (χ1v) is 13.1. The second-order valence-electron chi connectivity index (χ2n) is 7.58. The highest BCUT2D eigenvalue weighted by Crippen LogP contribution is 2.38. The number of nitrogens with one attached hydrogen (secondary N) is 2. The van der Waals surface area contributed by atoms with Gasteiger partial charge >= 0.3 is 11.9 Å². The molecule has 0 unspecified atom stereocenters. The van der Waals surface area contributed by atoms with Crippen LogP contribution < -0.4 is 9.44 Å². The van der Waals surface area contributed by atoms with Gasteiger partial charge in [0.15, 0.2) is 5.78 Å². The summed E-state index contributed by atoms with van der Waals surface area (Å²) in [5, 5.41) is 18.2. The van der Waals surface area contributed by atoms with Crippen LogP contribution in [-0.4, -0.2) is 56.9 Å². The number of ketones is 1. The van der Waals surface area contributed by atoms with E-state index >= 15 is 0 Å². The second-order valence-corrected chi connectivity index (χ2v) is 11.0. The van der Waals surface area contributed by atoms with E-state index in [-0.39, 0.29) is 33.8 Å². The summed E-state index contributed by atoms with van der Waals surface area (Å²) in [5.74, 6) is -3.30. The summed E-state index contributed by atoms with van der Waals surface area (Å²) in [6.07, 6.45) is 0.0197. The summed E-state index contributed by atoms with van der Waals surface area (Å²) in [5.41, 5.74) is 0.803. The van der Waals surface area contributed by atoms with E-state index in [9.17, 15) is 31.2 Å². The number of benzene rings is 2. The quantitative estimate of drug-likeness (QED) is 0.311. The standard InChI is InChI=1S/C21H22N2O9S2/c1-3-17(20(25)26)22-33(29,30)11-5-7-13-14-8-6-12(10-16(14)19(24)15(13)9-11)34(31,32)23-18(4-2)21(27)28/h5-10,17-18,22-23H,3-4H2,1-2H3,(H,25,26)(H,27,28)/t17-,18+. The number of hydrogen-bond donors (Lipinski definition) is 4. The normalized spacial score (nSPS) is 14.8. The van der Waals surface area contributed by atoms with Crippen LogP contribution in [0.2, 0.25) is 0 Å². The number of fused-ring (bicyclic) bond motifs is 3. The highest BCUT2D eigenvalue weighted by Gasteiger charge is 2.32. The molecular formula is C21H22N2O9S2. The van der Waals surface area contributed by atoms with Crippen molar-refractivity contribution in [3.63, 3.8) is 0 Å². The Balaban J connectivity index is 1.97. The maximum atomic E-state index is 13.0. The fraction of sp³-hybridized carbons (Fsp3) is 0.286. The van der Waals surface area contributed by atoms with Crippen molar-refractivity contribution in [1.29, 1.82) is 0 Å². The zero-order valence-corrected chi connectivity index (χ0v) is 19.7. The molecule has 182 valence electrons. The first kappa shape index (κ1) is 25.5. The van der Waals surface area contributed by atoms with E-state index in [2.05, 4.69) is 9.44 Å². The molecule has 0 aliphatic heterocycles. The highest BCUT2D eigenvalue weighted by molar-refractivity contribution is 7.89. The van der Waals surface area contributed by atoms with Gasteiger partial charge in [-0.1, -0.05) is 26.0 Å². The smallest absolute Gasteiger partial charge is 0.321 e. The number of aliphatic carboxylic acids is 2. The lowest BCUT2D eigenvalue weighted by molar-refractivity contribution is -0.139. The molecule has 3 rings (SSSR count). The van der Waals surface area contributed by atoms with E-state index in [1.807, 2.05) is 0 Å². The van der Waals surface area contributed by atoms with Gasteiger partial charge in [0.2, 0.25) is 20.0 Å². The summed E-state index contributed by atoms with van der Waals surface area (Å²) >= 11 is 0. The number of sulfonamides is 2. The number of carbonyl (C=O) groups is 3. The van der Waals surface area contributed by atoms with E-state index in [0.29, 0.717) is 11.1 Å². The molecule has 0 spiro atoms. The molecular weight excluding hydrogens is 488 g/mol. The predicted molar refractivity (Wildman–Crippen MR) is 119 cm³/mol. The third kappa shape index (κ3) is 4.73. The molecule has 1 aliphatic rings. The Labute approximate surface area is 195 Å². The van der Waals surface area contributed by atoms with Crippen LogP contribution in [0.3, 0.4) is 0 Å². The SMILES string of the molecule is CC[C@H](NS(=O)(=O)c1ccc2c(c1)C(=O)c1cc(S(=O)(=O)N[C@H](CC)C(=O)O)ccc1-2)C(=O)O. The van der Waals surface area contributed by atoms with Crippen LogP contribution in [0.1, 0.15) is 42.6 Å². The molecule has 1 aliphatic carbocycles. The zero-order valence-electron chi connectivity index (χ0n) is 18.1. The molecule has 34 heavy (non-hydrogen) atoms. The molecule has 0 aromatic heterocycles. The largest absolute Gasteiger partial charge is 0.480 e. The van der Waals surface area contributed by atoms with Gasteiger partial charge in [-0.25, -0.2) is 16.8 Å². The van der Waals surface area contributed by atoms with Gasteiger partial charge in [-0.15, -0.1) is 0 Å². The molecule has 0 saturated carbocycles. The maximum Gasteiger partial charge on any atom is 0.321 e. The van der Waals surface area contributed by atoms with Gasteiger partial charge in [0.25, 0.3) is 0 Å². The van der Waals surface area contributed by atoms with Crippen LogP contribution in [0.25, 0.3) is 11.1 Å². The zero-order chi connectivity index (χ0) is 25.4. The van der Waals surface area contributed by atoms with Crippen LogP contribution in [0.5, 0.6) is 0 Å². The monoisotopic (exact) mass is 510 g/mol. The fourth-order valence-electron chi connectivity index (χ4n) is 3.50. The van der Waals surface area contributed by atoms with E-state index in [1.54, 1.807) is 0 Å². The molecule has 0 amide bonds. The van der Waals surface area contributed by atoms with Crippen molar-refractivity contribution in [1.82, 2.24) is 9.44 Å². The van der Waals surface area contributed by atoms with Gasteiger partial charge < -0.3 is 10.2 Å². The molecule has 11 nitrogen and oxygen atoms in total. The first-order chi connectivity index (χ1) is 15.8. The number of carboxylic acids is 2. The summed E-state index contributed by atoms with van der Waals surface area (Å²) in [6, 6.07) is 4.76. The van der Waals surface area contributed by atoms with Gasteiger partial charge in [0, 0.05) is 11.1 Å². The van der Waals surface area contributed by atoms with Crippen molar-refractivity contribution in [2.75, 3.05) is 0 Å². The predicted octanol–water partition coefficient (Wildman–Crippen LogP) is 1.18. The van der Waals surface area contributed by atoms with Gasteiger partial charge in [0.05, 0.1) is 9.79 Å². The number of rotatable bonds is 10. The van der Waals surface area contributed by atoms with E-state index in [0.717, 1.165) is 12.1 Å². The second kappa shape index (κ2) is 9.25. The van der Waals surface area contributed by atoms with Crippen LogP contribution in [0, 0.1) is 0 Å². The summed E-state index contributed by atoms with van der Waals surface area (Å²) in [4.78, 5) is 34.8. The average Bonchev–Trinajstić information content (AvgIpc) is 3.06. The first-order valence-electron chi connectivity index (χ1n) is 10.2. The van der Waals surface area contributed by atoms with Crippen LogP contribution in [0.4, 0.5) is 0 Å². The van der Waals surface area contributed by atoms with Crippen molar-refractivity contribution < 1.29 is 41.4 Å². The number of carbonyl (C=O) groups excluding carboxylic acids is 1. The number of hydrogen-bond acceptors (Lipinski definition) is 7. The minimum Gasteiger partial charge on any atom is -0.480 e. The molecule has 2 aromatic rings. The van der Waals surface area contributed by atoms with Gasteiger partial charge in [-0.2, -0.15) is 9.44 Å². The third-order valence-electron chi connectivity index (χ3n) is 5.39. The molecule has 0 bridgehead atoms. The molecule has 0 fully saturated rings. The van der Waals surface area contributed by atoms with E-state index < -0.39 is 49.9 Å². The Hall–Kier alpha value is -3.13. The minimum absolute atomic E-state index is 0.00985. The molecule has 13 heteroatoms. The van der Waals surface area contributed by atoms with Gasteiger partial charge in [-0.3, -0.25) is 14.4 Å². The summed E-state index contributed by atoms with van der Waals surface area (Å²) in [7, 11) is -8.50. The third-order valence-corrected chi connectivity index (χ3v) is 8.33. The maximum absolute atomic E-state index is 13.0. The Morgan fingerprint density at radius 3 is 1.38 bits per heavy atom. The number of carboxylic acid groups (broad SMARTS) is 2. The lowest BCUT2D eigenvalue weighted by Crippen LogP contribution is -2.40. The molecule has 0 saturated heterocycles. The highest BCUT2D eigenvalue weighted by atomic mass is 32.2. The average molecular weight is 511 g/mol. The van der Waals surface area contributed by atoms with Crippen molar-refractivity contribution in [3.05, 3.63) is 47.5 Å². The lowest BCUT2D eigenvalue weighted by Gasteiger charge is -2.13. The minimum atomic E-state index is -4.25. The summed E-state index contributed by atoms with van der Waals surface area (Å²) < 4.78 is 54.7. The molecule has 0 radical (unpaired) electrons. The van der Waals surface area contributed by atoms with Crippen molar-refractivity contribution in [2.24, 2.45) is 0 Å². The topological polar surface area (TPSA) is 184 Å². The Bertz CT molecular complexity index is 1290. The molecule has 2 aromatic carbocycles. The Kier molecular flexibility index (Phi) is 6.94. The van der Waals surface area contributed by atoms with Gasteiger partial charge in [-0.05, 0) is 48.2 Å². The van der Waals surface area contributed by atoms with E-state index in [4.69, 9.17) is 10.2 Å². The van der Waals surface area contributed by atoms with Gasteiger partial charge in [0.1, 0.15) is 12.1 Å². The Morgan fingerprint density at radius 1 is 0.735 bits per heavy atom. The van der Waals surface area contributed by atoms with Crippen molar-refractivity contribution >= 4 is 37.8 Å². The molecule has 2 atom stereocenters.